The molecule has 0 saturated heterocycles. The summed E-state index contributed by atoms with van der Waals surface area (Å²) in [7, 11) is 1.53. The lowest BCUT2D eigenvalue weighted by Crippen LogP contribution is -2.04. The summed E-state index contributed by atoms with van der Waals surface area (Å²) < 4.78 is 6.18. The van der Waals surface area contributed by atoms with Gasteiger partial charge in [0, 0.05) is 26.2 Å². The van der Waals surface area contributed by atoms with E-state index in [-0.39, 0.29) is 5.78 Å². The van der Waals surface area contributed by atoms with Gasteiger partial charge in [0.15, 0.2) is 5.78 Å². The summed E-state index contributed by atoms with van der Waals surface area (Å²) in [6.45, 7) is 0. The molecule has 1 aromatic carbocycles. The van der Waals surface area contributed by atoms with Gasteiger partial charge in [-0.25, -0.2) is 0 Å². The van der Waals surface area contributed by atoms with Gasteiger partial charge in [0.2, 0.25) is 0 Å². The zero-order chi connectivity index (χ0) is 13.1. The second kappa shape index (κ2) is 5.87. The molecule has 2 aromatic rings. The number of thiophene rings is 1. The van der Waals surface area contributed by atoms with Gasteiger partial charge in [-0.05, 0) is 40.2 Å². The number of Topliss-reactive ketones (excluding diaryl/α,β-unsaturated/α-hetero) is 1. The van der Waals surface area contributed by atoms with Gasteiger partial charge in [-0.3, -0.25) is 4.79 Å². The van der Waals surface area contributed by atoms with Gasteiger partial charge in [-0.1, -0.05) is 11.6 Å². The molecule has 0 N–H and O–H groups in total. The molecule has 0 amide bonds. The molecule has 0 spiro atoms. The van der Waals surface area contributed by atoms with Crippen molar-refractivity contribution in [2.45, 2.75) is 6.42 Å². The lowest BCUT2D eigenvalue weighted by molar-refractivity contribution is 0.0991. The summed E-state index contributed by atoms with van der Waals surface area (Å²) in [5.74, 6) is 0.543. The van der Waals surface area contributed by atoms with Crippen LogP contribution in [-0.2, 0) is 6.42 Å². The zero-order valence-corrected chi connectivity index (χ0v) is 12.7. The molecule has 94 valence electrons. The molecular weight excluding hydrogens is 336 g/mol. The van der Waals surface area contributed by atoms with Crippen molar-refractivity contribution in [2.75, 3.05) is 7.11 Å². The molecule has 2 nitrogen and oxygen atoms in total. The third-order valence-electron chi connectivity index (χ3n) is 2.42. The first-order valence-corrected chi connectivity index (χ1v) is 7.25. The third kappa shape index (κ3) is 3.13. The highest BCUT2D eigenvalue weighted by atomic mass is 79.9. The predicted octanol–water partition coefficient (Wildman–Crippen LogP) is 4.60. The van der Waals surface area contributed by atoms with Crippen LogP contribution in [0.15, 0.2) is 34.1 Å². The van der Waals surface area contributed by atoms with E-state index < -0.39 is 0 Å². The smallest absolute Gasteiger partial charge is 0.171 e. The number of ketones is 1. The average Bonchev–Trinajstić information content (AvgIpc) is 2.74. The average molecular weight is 346 g/mol. The quantitative estimate of drug-likeness (QED) is 0.757. The van der Waals surface area contributed by atoms with Crippen LogP contribution in [-0.4, -0.2) is 12.9 Å². The fourth-order valence-corrected chi connectivity index (χ4v) is 3.21. The highest BCUT2D eigenvalue weighted by molar-refractivity contribution is 9.10. The number of rotatable bonds is 4. The molecule has 0 bridgehead atoms. The Balaban J connectivity index is 2.23. The van der Waals surface area contributed by atoms with Gasteiger partial charge in [0.25, 0.3) is 0 Å². The number of halogens is 2. The molecular formula is C13H10BrClO2S. The van der Waals surface area contributed by atoms with Crippen LogP contribution < -0.4 is 4.74 Å². The van der Waals surface area contributed by atoms with Gasteiger partial charge in [-0.2, -0.15) is 0 Å². The molecule has 0 aliphatic heterocycles. The van der Waals surface area contributed by atoms with Crippen LogP contribution in [0.3, 0.4) is 0 Å². The molecule has 2 rings (SSSR count). The number of hydrogen-bond donors (Lipinski definition) is 0. The van der Waals surface area contributed by atoms with Crippen LogP contribution in [0.1, 0.15) is 15.2 Å². The first-order valence-electron chi connectivity index (χ1n) is 5.20. The van der Waals surface area contributed by atoms with Crippen molar-refractivity contribution < 1.29 is 9.53 Å². The Labute approximate surface area is 123 Å². The lowest BCUT2D eigenvalue weighted by Gasteiger charge is -2.07. The third-order valence-corrected chi connectivity index (χ3v) is 4.35. The second-order valence-corrected chi connectivity index (χ2v) is 6.02. The monoisotopic (exact) mass is 344 g/mol. The topological polar surface area (TPSA) is 26.3 Å². The van der Waals surface area contributed by atoms with Crippen LogP contribution >= 0.6 is 38.9 Å². The van der Waals surface area contributed by atoms with Crippen LogP contribution in [0.4, 0.5) is 0 Å². The first-order chi connectivity index (χ1) is 8.60. The molecule has 0 aliphatic rings. The highest BCUT2D eigenvalue weighted by Crippen LogP contribution is 2.26. The van der Waals surface area contributed by atoms with E-state index in [9.17, 15) is 4.79 Å². The Morgan fingerprint density at radius 1 is 1.44 bits per heavy atom. The van der Waals surface area contributed by atoms with Crippen molar-refractivity contribution in [3.63, 3.8) is 0 Å². The molecule has 1 heterocycles. The van der Waals surface area contributed by atoms with Gasteiger partial charge in [0.1, 0.15) is 5.75 Å². The van der Waals surface area contributed by atoms with E-state index in [2.05, 4.69) is 15.9 Å². The summed E-state index contributed by atoms with van der Waals surface area (Å²) in [6.07, 6.45) is 0.369. The van der Waals surface area contributed by atoms with E-state index >= 15 is 0 Å². The van der Waals surface area contributed by atoms with E-state index in [1.54, 1.807) is 29.5 Å². The van der Waals surface area contributed by atoms with Crippen molar-refractivity contribution in [1.29, 1.82) is 0 Å². The van der Waals surface area contributed by atoms with Crippen molar-refractivity contribution in [1.82, 2.24) is 0 Å². The molecule has 5 heteroatoms. The van der Waals surface area contributed by atoms with Gasteiger partial charge in [-0.15, -0.1) is 11.3 Å². The minimum absolute atomic E-state index is 0.0258. The summed E-state index contributed by atoms with van der Waals surface area (Å²) in [5.41, 5.74) is 0.562. The summed E-state index contributed by atoms with van der Waals surface area (Å²) >= 11 is 10.8. The molecule has 0 unspecified atom stereocenters. The summed E-state index contributed by atoms with van der Waals surface area (Å²) in [4.78, 5) is 13.2. The molecule has 18 heavy (non-hydrogen) atoms. The Hall–Kier alpha value is -0.840. The van der Waals surface area contributed by atoms with Crippen LogP contribution in [0.25, 0.3) is 0 Å². The highest BCUT2D eigenvalue weighted by Gasteiger charge is 2.14. The molecule has 0 radical (unpaired) electrons. The first kappa shape index (κ1) is 13.6. The number of methoxy groups -OCH3 is 1. The van der Waals surface area contributed by atoms with E-state index in [1.165, 1.54) is 7.11 Å². The molecule has 0 atom stereocenters. The zero-order valence-electron chi connectivity index (χ0n) is 9.57. The molecule has 0 aliphatic carbocycles. The number of hydrogen-bond acceptors (Lipinski definition) is 3. The number of ether oxygens (including phenoxy) is 1. The van der Waals surface area contributed by atoms with Crippen molar-refractivity contribution in [2.24, 2.45) is 0 Å². The van der Waals surface area contributed by atoms with Gasteiger partial charge < -0.3 is 4.74 Å². The SMILES string of the molecule is COc1cc(Cl)ccc1C(=O)Cc1cc(Br)cs1. The predicted molar refractivity (Wildman–Crippen MR) is 78.1 cm³/mol. The lowest BCUT2D eigenvalue weighted by atomic mass is 10.1. The number of carbonyl (C=O) groups is 1. The summed E-state index contributed by atoms with van der Waals surface area (Å²) in [6, 6.07) is 7.00. The van der Waals surface area contributed by atoms with E-state index in [0.717, 1.165) is 9.35 Å². The minimum atomic E-state index is 0.0258. The van der Waals surface area contributed by atoms with E-state index in [1.807, 2.05) is 11.4 Å². The molecule has 0 fully saturated rings. The Morgan fingerprint density at radius 2 is 2.22 bits per heavy atom. The van der Waals surface area contributed by atoms with Gasteiger partial charge in [0.05, 0.1) is 12.7 Å². The standard InChI is InChI=1S/C13H10BrClO2S/c1-17-13-5-9(15)2-3-11(13)12(16)6-10-4-8(14)7-18-10/h2-5,7H,6H2,1H3. The maximum Gasteiger partial charge on any atom is 0.171 e. The summed E-state index contributed by atoms with van der Waals surface area (Å²) in [5, 5.41) is 2.52. The van der Waals surface area contributed by atoms with E-state index in [4.69, 9.17) is 16.3 Å². The van der Waals surface area contributed by atoms with Crippen molar-refractivity contribution in [3.05, 3.63) is 49.6 Å². The normalized spacial score (nSPS) is 10.4. The number of carbonyl (C=O) groups excluding carboxylic acids is 1. The second-order valence-electron chi connectivity index (χ2n) is 3.68. The van der Waals surface area contributed by atoms with Crippen LogP contribution in [0.5, 0.6) is 5.75 Å². The van der Waals surface area contributed by atoms with Crippen molar-refractivity contribution >= 4 is 44.7 Å². The van der Waals surface area contributed by atoms with Crippen LogP contribution in [0.2, 0.25) is 5.02 Å². The van der Waals surface area contributed by atoms with Crippen molar-refractivity contribution in [3.8, 4) is 5.75 Å². The molecule has 0 saturated carbocycles. The van der Waals surface area contributed by atoms with Crippen LogP contribution in [0, 0.1) is 0 Å². The Kier molecular flexibility index (Phi) is 4.43. The maximum atomic E-state index is 12.2. The van der Waals surface area contributed by atoms with E-state index in [0.29, 0.717) is 22.8 Å². The Morgan fingerprint density at radius 3 is 2.83 bits per heavy atom. The Bertz CT molecular complexity index is 580. The fraction of sp³-hybridized carbons (Fsp3) is 0.154. The minimum Gasteiger partial charge on any atom is -0.496 e. The molecule has 1 aromatic heterocycles. The maximum absolute atomic E-state index is 12.2. The van der Waals surface area contributed by atoms with Gasteiger partial charge >= 0.3 is 0 Å². The fourth-order valence-electron chi connectivity index (χ4n) is 1.60. The largest absolute Gasteiger partial charge is 0.496 e. The number of benzene rings is 1.